The van der Waals surface area contributed by atoms with E-state index in [2.05, 4.69) is 21.8 Å². The lowest BCUT2D eigenvalue weighted by molar-refractivity contribution is 0.202. The SMILES string of the molecule is COCCN(c1nc[nH]c(=O)c1Cl)C(C)C1CC1. The maximum atomic E-state index is 11.5. The quantitative estimate of drug-likeness (QED) is 0.855. The highest BCUT2D eigenvalue weighted by Crippen LogP contribution is 2.37. The van der Waals surface area contributed by atoms with Gasteiger partial charge in [-0.25, -0.2) is 4.98 Å². The van der Waals surface area contributed by atoms with Crippen LogP contribution in [-0.2, 0) is 4.74 Å². The van der Waals surface area contributed by atoms with Crippen molar-refractivity contribution in [1.82, 2.24) is 9.97 Å². The third-order valence-electron chi connectivity index (χ3n) is 3.38. The van der Waals surface area contributed by atoms with E-state index in [1.807, 2.05) is 0 Å². The first-order valence-corrected chi connectivity index (χ1v) is 6.51. The Morgan fingerprint density at radius 2 is 2.39 bits per heavy atom. The maximum Gasteiger partial charge on any atom is 0.271 e. The lowest BCUT2D eigenvalue weighted by atomic mass is 10.2. The fourth-order valence-corrected chi connectivity index (χ4v) is 2.31. The van der Waals surface area contributed by atoms with Gasteiger partial charge < -0.3 is 14.6 Å². The number of halogens is 1. The highest BCUT2D eigenvalue weighted by atomic mass is 35.5. The lowest BCUT2D eigenvalue weighted by Gasteiger charge is -2.30. The summed E-state index contributed by atoms with van der Waals surface area (Å²) in [5.41, 5.74) is -0.299. The Balaban J connectivity index is 2.26. The number of aromatic nitrogens is 2. The molecule has 5 nitrogen and oxygen atoms in total. The Morgan fingerprint density at radius 3 is 3.00 bits per heavy atom. The van der Waals surface area contributed by atoms with Gasteiger partial charge in [0.15, 0.2) is 5.82 Å². The minimum atomic E-state index is -0.299. The molecule has 1 aliphatic carbocycles. The van der Waals surface area contributed by atoms with Crippen molar-refractivity contribution in [3.05, 3.63) is 21.7 Å². The standard InChI is InChI=1S/C12H18ClN3O2/c1-8(9-3-4-9)16(5-6-18-2)11-10(13)12(17)15-7-14-11/h7-9H,3-6H2,1-2H3,(H,14,15,17). The van der Waals surface area contributed by atoms with Crippen molar-refractivity contribution >= 4 is 17.4 Å². The second kappa shape index (κ2) is 5.71. The molecule has 0 aromatic carbocycles. The summed E-state index contributed by atoms with van der Waals surface area (Å²) in [6.07, 6.45) is 3.85. The van der Waals surface area contributed by atoms with E-state index in [1.54, 1.807) is 7.11 Å². The Labute approximate surface area is 111 Å². The molecule has 1 atom stereocenters. The number of nitrogens with zero attached hydrogens (tertiary/aromatic N) is 2. The van der Waals surface area contributed by atoms with Crippen LogP contribution in [-0.4, -0.2) is 36.3 Å². The molecule has 18 heavy (non-hydrogen) atoms. The van der Waals surface area contributed by atoms with Gasteiger partial charge in [-0.2, -0.15) is 0 Å². The molecule has 0 radical (unpaired) electrons. The van der Waals surface area contributed by atoms with Crippen LogP contribution in [0.25, 0.3) is 0 Å². The predicted octanol–water partition coefficient (Wildman–Crippen LogP) is 1.67. The zero-order valence-electron chi connectivity index (χ0n) is 10.6. The van der Waals surface area contributed by atoms with Crippen molar-refractivity contribution in [2.45, 2.75) is 25.8 Å². The number of anilines is 1. The molecule has 2 rings (SSSR count). The van der Waals surface area contributed by atoms with E-state index < -0.39 is 0 Å². The molecule has 0 bridgehead atoms. The summed E-state index contributed by atoms with van der Waals surface area (Å²) in [5.74, 6) is 1.22. The van der Waals surface area contributed by atoms with Crippen molar-refractivity contribution in [1.29, 1.82) is 0 Å². The fraction of sp³-hybridized carbons (Fsp3) is 0.667. The van der Waals surface area contributed by atoms with Crippen molar-refractivity contribution in [2.24, 2.45) is 5.92 Å². The third kappa shape index (κ3) is 2.84. The molecule has 1 fully saturated rings. The van der Waals surface area contributed by atoms with E-state index in [9.17, 15) is 4.79 Å². The summed E-state index contributed by atoms with van der Waals surface area (Å²) in [6.45, 7) is 3.42. The molecule has 100 valence electrons. The maximum absolute atomic E-state index is 11.5. The molecule has 0 saturated heterocycles. The minimum absolute atomic E-state index is 0.154. The van der Waals surface area contributed by atoms with Crippen LogP contribution in [0.3, 0.4) is 0 Å². The summed E-state index contributed by atoms with van der Waals surface area (Å²) in [7, 11) is 1.66. The van der Waals surface area contributed by atoms with Crippen molar-refractivity contribution in [3.63, 3.8) is 0 Å². The van der Waals surface area contributed by atoms with Crippen LogP contribution in [0, 0.1) is 5.92 Å². The van der Waals surface area contributed by atoms with Crippen LogP contribution in [0.4, 0.5) is 5.82 Å². The number of methoxy groups -OCH3 is 1. The highest BCUT2D eigenvalue weighted by Gasteiger charge is 2.33. The summed E-state index contributed by atoms with van der Waals surface area (Å²) >= 11 is 6.05. The van der Waals surface area contributed by atoms with E-state index in [0.717, 1.165) is 0 Å². The monoisotopic (exact) mass is 271 g/mol. The molecule has 1 saturated carbocycles. The van der Waals surface area contributed by atoms with Crippen molar-refractivity contribution < 1.29 is 4.74 Å². The van der Waals surface area contributed by atoms with Crippen LogP contribution < -0.4 is 10.5 Å². The topological polar surface area (TPSA) is 58.2 Å². The average molecular weight is 272 g/mol. The van der Waals surface area contributed by atoms with Crippen LogP contribution in [0.15, 0.2) is 11.1 Å². The highest BCUT2D eigenvalue weighted by molar-refractivity contribution is 6.32. The molecule has 0 aliphatic heterocycles. The molecule has 1 unspecified atom stereocenters. The summed E-state index contributed by atoms with van der Waals surface area (Å²) < 4.78 is 5.12. The second-order valence-electron chi connectivity index (χ2n) is 4.63. The van der Waals surface area contributed by atoms with Gasteiger partial charge in [0, 0.05) is 19.7 Å². The zero-order valence-corrected chi connectivity index (χ0v) is 11.4. The van der Waals surface area contributed by atoms with Crippen LogP contribution >= 0.6 is 11.6 Å². The van der Waals surface area contributed by atoms with Gasteiger partial charge >= 0.3 is 0 Å². The first-order chi connectivity index (χ1) is 8.65. The largest absolute Gasteiger partial charge is 0.383 e. The molecular weight excluding hydrogens is 254 g/mol. The summed E-state index contributed by atoms with van der Waals surface area (Å²) in [4.78, 5) is 20.3. The zero-order chi connectivity index (χ0) is 13.1. The van der Waals surface area contributed by atoms with Gasteiger partial charge in [0.05, 0.1) is 12.9 Å². The first-order valence-electron chi connectivity index (χ1n) is 6.14. The summed E-state index contributed by atoms with van der Waals surface area (Å²) in [5, 5.41) is 0.154. The van der Waals surface area contributed by atoms with Crippen LogP contribution in [0.2, 0.25) is 5.02 Å². The first kappa shape index (κ1) is 13.4. The Hall–Kier alpha value is -1.07. The third-order valence-corrected chi connectivity index (χ3v) is 3.72. The van der Waals surface area contributed by atoms with Gasteiger partial charge in [-0.15, -0.1) is 0 Å². The van der Waals surface area contributed by atoms with E-state index in [4.69, 9.17) is 16.3 Å². The number of ether oxygens (including phenoxy) is 1. The van der Waals surface area contributed by atoms with Crippen molar-refractivity contribution in [2.75, 3.05) is 25.2 Å². The van der Waals surface area contributed by atoms with Gasteiger partial charge in [-0.3, -0.25) is 4.79 Å². The van der Waals surface area contributed by atoms with Crippen LogP contribution in [0.1, 0.15) is 19.8 Å². The average Bonchev–Trinajstić information content (AvgIpc) is 3.18. The second-order valence-corrected chi connectivity index (χ2v) is 5.01. The number of hydrogen-bond donors (Lipinski definition) is 1. The van der Waals surface area contributed by atoms with E-state index in [-0.39, 0.29) is 10.6 Å². The van der Waals surface area contributed by atoms with Crippen LogP contribution in [0.5, 0.6) is 0 Å². The molecule has 0 amide bonds. The number of H-pyrrole nitrogens is 1. The number of aromatic amines is 1. The van der Waals surface area contributed by atoms with E-state index >= 15 is 0 Å². The van der Waals surface area contributed by atoms with Gasteiger partial charge in [0.25, 0.3) is 5.56 Å². The molecular formula is C12H18ClN3O2. The van der Waals surface area contributed by atoms with Gasteiger partial charge in [-0.05, 0) is 25.7 Å². The molecule has 1 N–H and O–H groups in total. The van der Waals surface area contributed by atoms with E-state index in [1.165, 1.54) is 19.2 Å². The molecule has 1 heterocycles. The molecule has 6 heteroatoms. The van der Waals surface area contributed by atoms with Crippen molar-refractivity contribution in [3.8, 4) is 0 Å². The molecule has 0 spiro atoms. The number of hydrogen-bond acceptors (Lipinski definition) is 4. The predicted molar refractivity (Wildman–Crippen MR) is 71.3 cm³/mol. The van der Waals surface area contributed by atoms with E-state index in [0.29, 0.717) is 30.9 Å². The molecule has 1 aliphatic rings. The Bertz CT molecular complexity index is 459. The smallest absolute Gasteiger partial charge is 0.271 e. The Kier molecular flexibility index (Phi) is 4.24. The Morgan fingerprint density at radius 1 is 1.67 bits per heavy atom. The normalized spacial score (nSPS) is 16.6. The van der Waals surface area contributed by atoms with Gasteiger partial charge in [-0.1, -0.05) is 11.6 Å². The number of rotatable bonds is 6. The number of nitrogens with one attached hydrogen (secondary N) is 1. The lowest BCUT2D eigenvalue weighted by Crippen LogP contribution is -2.39. The molecule has 1 aromatic heterocycles. The molecule has 1 aromatic rings. The van der Waals surface area contributed by atoms with Gasteiger partial charge in [0.1, 0.15) is 5.02 Å². The fourth-order valence-electron chi connectivity index (χ4n) is 2.10. The van der Waals surface area contributed by atoms with Gasteiger partial charge in [0.2, 0.25) is 0 Å². The minimum Gasteiger partial charge on any atom is -0.383 e. The summed E-state index contributed by atoms with van der Waals surface area (Å²) in [6, 6.07) is 0.326.